The minimum atomic E-state index is 0.0275. The number of pyridine rings is 1. The molecule has 1 saturated heterocycles. The summed E-state index contributed by atoms with van der Waals surface area (Å²) in [6.07, 6.45) is 4.37. The van der Waals surface area contributed by atoms with Crippen molar-refractivity contribution < 1.29 is 4.79 Å². The van der Waals surface area contributed by atoms with Crippen molar-refractivity contribution in [2.75, 3.05) is 18.4 Å². The molecule has 6 heteroatoms. The summed E-state index contributed by atoms with van der Waals surface area (Å²) in [5.41, 5.74) is 0.667. The molecule has 1 aliphatic heterocycles. The van der Waals surface area contributed by atoms with Crippen molar-refractivity contribution in [3.8, 4) is 0 Å². The van der Waals surface area contributed by atoms with Gasteiger partial charge in [-0.1, -0.05) is 11.6 Å². The normalized spacial score (nSPS) is 19.6. The quantitative estimate of drug-likeness (QED) is 0.837. The van der Waals surface area contributed by atoms with E-state index in [0.29, 0.717) is 27.7 Å². The molecular formula is C12H15BrClN3O. The lowest BCUT2D eigenvalue weighted by atomic mass is 9.96. The van der Waals surface area contributed by atoms with Crippen LogP contribution < -0.4 is 10.6 Å². The lowest BCUT2D eigenvalue weighted by Crippen LogP contribution is -2.32. The van der Waals surface area contributed by atoms with Gasteiger partial charge in [0.05, 0.1) is 16.4 Å². The fraction of sp³-hybridized carbons (Fsp3) is 0.500. The van der Waals surface area contributed by atoms with Crippen molar-refractivity contribution in [1.29, 1.82) is 0 Å². The van der Waals surface area contributed by atoms with Gasteiger partial charge in [-0.05, 0) is 53.8 Å². The molecule has 2 N–H and O–H groups in total. The molecule has 0 aliphatic carbocycles. The Balaban J connectivity index is 1.88. The van der Waals surface area contributed by atoms with Crippen LogP contribution >= 0.6 is 27.5 Å². The van der Waals surface area contributed by atoms with Gasteiger partial charge in [-0.2, -0.15) is 0 Å². The predicted octanol–water partition coefficient (Wildman–Crippen LogP) is 2.83. The Labute approximate surface area is 120 Å². The zero-order valence-corrected chi connectivity index (χ0v) is 12.2. The number of halogens is 2. The van der Waals surface area contributed by atoms with Crippen LogP contribution in [0.4, 0.5) is 5.69 Å². The van der Waals surface area contributed by atoms with Crippen LogP contribution in [0, 0.1) is 5.92 Å². The molecule has 1 fully saturated rings. The van der Waals surface area contributed by atoms with Gasteiger partial charge in [-0.3, -0.25) is 4.79 Å². The molecule has 1 amide bonds. The van der Waals surface area contributed by atoms with Crippen LogP contribution in [0.1, 0.15) is 19.3 Å². The van der Waals surface area contributed by atoms with E-state index in [9.17, 15) is 4.79 Å². The van der Waals surface area contributed by atoms with Crippen LogP contribution in [0.5, 0.6) is 0 Å². The number of rotatable bonds is 3. The molecule has 98 valence electrons. The molecule has 1 atom stereocenters. The average molecular weight is 333 g/mol. The van der Waals surface area contributed by atoms with E-state index in [1.807, 2.05) is 0 Å². The van der Waals surface area contributed by atoms with Gasteiger partial charge in [0.15, 0.2) is 0 Å². The third-order valence-electron chi connectivity index (χ3n) is 2.95. The van der Waals surface area contributed by atoms with Crippen molar-refractivity contribution in [2.24, 2.45) is 5.92 Å². The summed E-state index contributed by atoms with van der Waals surface area (Å²) in [5.74, 6) is 0.460. The Morgan fingerprint density at radius 3 is 3.17 bits per heavy atom. The summed E-state index contributed by atoms with van der Waals surface area (Å²) in [6.45, 7) is 1.99. The molecule has 0 spiro atoms. The first-order chi connectivity index (χ1) is 8.65. The maximum absolute atomic E-state index is 11.9. The smallest absolute Gasteiger partial charge is 0.224 e. The van der Waals surface area contributed by atoms with Gasteiger partial charge >= 0.3 is 0 Å². The number of carbonyl (C=O) groups excluding carboxylic acids is 1. The number of anilines is 1. The van der Waals surface area contributed by atoms with Gasteiger partial charge in [0.2, 0.25) is 5.91 Å². The van der Waals surface area contributed by atoms with E-state index in [1.165, 1.54) is 0 Å². The minimum absolute atomic E-state index is 0.0275. The fourth-order valence-corrected chi connectivity index (χ4v) is 2.51. The molecule has 0 saturated carbocycles. The molecule has 1 unspecified atom stereocenters. The topological polar surface area (TPSA) is 54.0 Å². The van der Waals surface area contributed by atoms with E-state index in [4.69, 9.17) is 11.6 Å². The Hall–Kier alpha value is -0.650. The second-order valence-corrected chi connectivity index (χ2v) is 5.67. The summed E-state index contributed by atoms with van der Waals surface area (Å²) >= 11 is 9.07. The van der Waals surface area contributed by atoms with E-state index in [0.717, 1.165) is 25.9 Å². The average Bonchev–Trinajstić information content (AvgIpc) is 2.35. The molecule has 0 radical (unpaired) electrons. The summed E-state index contributed by atoms with van der Waals surface area (Å²) in [7, 11) is 0. The number of carbonyl (C=O) groups is 1. The highest BCUT2D eigenvalue weighted by atomic mass is 79.9. The molecule has 0 bridgehead atoms. The maximum Gasteiger partial charge on any atom is 0.224 e. The number of amides is 1. The summed E-state index contributed by atoms with van der Waals surface area (Å²) in [5, 5.41) is 6.54. The van der Waals surface area contributed by atoms with Crippen molar-refractivity contribution >= 4 is 39.1 Å². The largest absolute Gasteiger partial charge is 0.325 e. The van der Waals surface area contributed by atoms with Crippen LogP contribution in [-0.2, 0) is 4.79 Å². The molecule has 1 aromatic heterocycles. The molecule has 1 aliphatic rings. The third kappa shape index (κ3) is 3.93. The monoisotopic (exact) mass is 331 g/mol. The standard InChI is InChI=1S/C12H15BrClN3O/c13-10-5-9(7-16-12(10)14)17-11(18)4-8-2-1-3-15-6-8/h5,7-8,15H,1-4,6H2,(H,17,18). The predicted molar refractivity (Wildman–Crippen MR) is 75.8 cm³/mol. The van der Waals surface area contributed by atoms with Crippen LogP contribution in [0.3, 0.4) is 0 Å². The number of aromatic nitrogens is 1. The number of hydrogen-bond acceptors (Lipinski definition) is 3. The first kappa shape index (κ1) is 13.8. The lowest BCUT2D eigenvalue weighted by molar-refractivity contribution is -0.117. The van der Waals surface area contributed by atoms with Gasteiger partial charge in [-0.25, -0.2) is 4.98 Å². The van der Waals surface area contributed by atoms with Crippen molar-refractivity contribution in [2.45, 2.75) is 19.3 Å². The van der Waals surface area contributed by atoms with E-state index in [1.54, 1.807) is 12.3 Å². The number of hydrogen-bond donors (Lipinski definition) is 2. The van der Waals surface area contributed by atoms with Crippen LogP contribution in [0.25, 0.3) is 0 Å². The van der Waals surface area contributed by atoms with Crippen LogP contribution in [0.15, 0.2) is 16.7 Å². The minimum Gasteiger partial charge on any atom is -0.325 e. The molecule has 2 rings (SSSR count). The molecule has 18 heavy (non-hydrogen) atoms. The number of nitrogens with one attached hydrogen (secondary N) is 2. The van der Waals surface area contributed by atoms with Gasteiger partial charge in [-0.15, -0.1) is 0 Å². The molecule has 2 heterocycles. The van der Waals surface area contributed by atoms with E-state index in [2.05, 4.69) is 31.5 Å². The second kappa shape index (κ2) is 6.50. The third-order valence-corrected chi connectivity index (χ3v) is 4.09. The lowest BCUT2D eigenvalue weighted by Gasteiger charge is -2.22. The Morgan fingerprint density at radius 1 is 1.67 bits per heavy atom. The van der Waals surface area contributed by atoms with Gasteiger partial charge in [0.1, 0.15) is 5.15 Å². The highest BCUT2D eigenvalue weighted by Gasteiger charge is 2.16. The Morgan fingerprint density at radius 2 is 2.50 bits per heavy atom. The van der Waals surface area contributed by atoms with Gasteiger partial charge in [0, 0.05) is 6.42 Å². The second-order valence-electron chi connectivity index (χ2n) is 4.46. The van der Waals surface area contributed by atoms with Gasteiger partial charge in [0.25, 0.3) is 0 Å². The van der Waals surface area contributed by atoms with Crippen molar-refractivity contribution in [3.05, 3.63) is 21.9 Å². The molecule has 4 nitrogen and oxygen atoms in total. The van der Waals surface area contributed by atoms with Crippen LogP contribution in [-0.4, -0.2) is 24.0 Å². The molecular weight excluding hydrogens is 318 g/mol. The van der Waals surface area contributed by atoms with E-state index < -0.39 is 0 Å². The number of nitrogens with zero attached hydrogens (tertiary/aromatic N) is 1. The van der Waals surface area contributed by atoms with Crippen molar-refractivity contribution in [1.82, 2.24) is 10.3 Å². The number of piperidine rings is 1. The highest BCUT2D eigenvalue weighted by Crippen LogP contribution is 2.23. The van der Waals surface area contributed by atoms with E-state index >= 15 is 0 Å². The SMILES string of the molecule is O=C(CC1CCCNC1)Nc1cnc(Cl)c(Br)c1. The molecule has 1 aromatic rings. The summed E-state index contributed by atoms with van der Waals surface area (Å²) < 4.78 is 0.682. The first-order valence-electron chi connectivity index (χ1n) is 5.97. The zero-order chi connectivity index (χ0) is 13.0. The van der Waals surface area contributed by atoms with Gasteiger partial charge < -0.3 is 10.6 Å². The highest BCUT2D eigenvalue weighted by molar-refractivity contribution is 9.10. The fourth-order valence-electron chi connectivity index (χ4n) is 2.06. The molecule has 0 aromatic carbocycles. The summed E-state index contributed by atoms with van der Waals surface area (Å²) in [6, 6.07) is 1.76. The van der Waals surface area contributed by atoms with Crippen molar-refractivity contribution in [3.63, 3.8) is 0 Å². The zero-order valence-electron chi connectivity index (χ0n) is 9.88. The van der Waals surface area contributed by atoms with Crippen LogP contribution in [0.2, 0.25) is 5.15 Å². The Kier molecular flexibility index (Phi) is 4.97. The Bertz CT molecular complexity index is 435. The summed E-state index contributed by atoms with van der Waals surface area (Å²) in [4.78, 5) is 15.8. The first-order valence-corrected chi connectivity index (χ1v) is 7.14. The maximum atomic E-state index is 11.9. The van der Waals surface area contributed by atoms with E-state index in [-0.39, 0.29) is 5.91 Å².